The molecule has 32 heavy (non-hydrogen) atoms. The van der Waals surface area contributed by atoms with Gasteiger partial charge in [-0.2, -0.15) is 0 Å². The van der Waals surface area contributed by atoms with Crippen molar-refractivity contribution in [2.24, 2.45) is 13.0 Å². The highest BCUT2D eigenvalue weighted by molar-refractivity contribution is 5.89. The Morgan fingerprint density at radius 2 is 2.00 bits per heavy atom. The molecule has 0 aromatic carbocycles. The SMILES string of the molecule is Cl.Cn1cncc1-c1ccc(NCC2CCC3(CC2)CN(c2ccccn2)C(=O)O3)nc1. The van der Waals surface area contributed by atoms with Crippen molar-refractivity contribution in [3.63, 3.8) is 0 Å². The van der Waals surface area contributed by atoms with E-state index in [0.29, 0.717) is 18.3 Å². The van der Waals surface area contributed by atoms with E-state index in [1.54, 1.807) is 17.4 Å². The van der Waals surface area contributed by atoms with Crippen LogP contribution in [0.15, 0.2) is 55.2 Å². The molecule has 1 spiro atoms. The maximum Gasteiger partial charge on any atom is 0.416 e. The van der Waals surface area contributed by atoms with Crippen molar-refractivity contribution >= 4 is 30.1 Å². The normalized spacial score (nSPS) is 22.5. The zero-order valence-corrected chi connectivity index (χ0v) is 18.8. The number of carbonyl (C=O) groups excluding carboxylic acids is 1. The fraction of sp³-hybridized carbons (Fsp3) is 0.391. The van der Waals surface area contributed by atoms with Crippen molar-refractivity contribution in [2.45, 2.75) is 31.3 Å². The number of anilines is 2. The summed E-state index contributed by atoms with van der Waals surface area (Å²) >= 11 is 0. The van der Waals surface area contributed by atoms with Gasteiger partial charge < -0.3 is 14.6 Å². The standard InChI is InChI=1S/C23H26N6O2.ClH/c1-28-16-24-14-19(28)18-5-6-20(27-13-18)26-12-17-7-9-23(10-8-17)15-29(22(30)31-23)21-4-2-3-11-25-21;/h2-6,11,13-14,16-17H,7-10,12,15H2,1H3,(H,26,27);1H. The van der Waals surface area contributed by atoms with Gasteiger partial charge in [-0.05, 0) is 55.9 Å². The molecule has 0 radical (unpaired) electrons. The Kier molecular flexibility index (Phi) is 6.32. The predicted molar refractivity (Wildman–Crippen MR) is 125 cm³/mol. The summed E-state index contributed by atoms with van der Waals surface area (Å²) in [6.07, 6.45) is 10.7. The molecule has 1 aliphatic heterocycles. The molecular formula is C23H27ClN6O2. The Labute approximate surface area is 193 Å². The Bertz CT molecular complexity index is 1050. The number of rotatable bonds is 5. The van der Waals surface area contributed by atoms with Crippen molar-refractivity contribution in [1.82, 2.24) is 19.5 Å². The first-order valence-electron chi connectivity index (χ1n) is 10.7. The minimum absolute atomic E-state index is 0. The third kappa shape index (κ3) is 4.41. The fourth-order valence-corrected chi connectivity index (χ4v) is 4.52. The summed E-state index contributed by atoms with van der Waals surface area (Å²) in [5.41, 5.74) is 1.71. The van der Waals surface area contributed by atoms with Crippen molar-refractivity contribution in [3.8, 4) is 11.3 Å². The highest BCUT2D eigenvalue weighted by Crippen LogP contribution is 2.40. The molecule has 4 heterocycles. The zero-order valence-electron chi connectivity index (χ0n) is 18.0. The van der Waals surface area contributed by atoms with E-state index in [-0.39, 0.29) is 24.1 Å². The largest absolute Gasteiger partial charge is 0.441 e. The number of hydrogen-bond donors (Lipinski definition) is 1. The lowest BCUT2D eigenvalue weighted by molar-refractivity contribution is 0.0148. The molecule has 1 saturated heterocycles. The number of nitrogens with zero attached hydrogens (tertiary/aromatic N) is 5. The molecule has 0 bridgehead atoms. The fourth-order valence-electron chi connectivity index (χ4n) is 4.52. The molecule has 1 N–H and O–H groups in total. The van der Waals surface area contributed by atoms with Crippen LogP contribution in [0.1, 0.15) is 25.7 Å². The second-order valence-electron chi connectivity index (χ2n) is 8.47. The van der Waals surface area contributed by atoms with Crippen LogP contribution in [-0.4, -0.2) is 44.3 Å². The van der Waals surface area contributed by atoms with E-state index in [4.69, 9.17) is 4.74 Å². The highest BCUT2D eigenvalue weighted by Gasteiger charge is 2.47. The predicted octanol–water partition coefficient (Wildman–Crippen LogP) is 4.30. The van der Waals surface area contributed by atoms with Crippen LogP contribution in [0, 0.1) is 5.92 Å². The molecule has 168 valence electrons. The van der Waals surface area contributed by atoms with Crippen LogP contribution in [0.2, 0.25) is 0 Å². The average Bonchev–Trinajstić information content (AvgIpc) is 3.37. The third-order valence-electron chi connectivity index (χ3n) is 6.36. The molecule has 3 aromatic heterocycles. The summed E-state index contributed by atoms with van der Waals surface area (Å²) in [7, 11) is 1.97. The van der Waals surface area contributed by atoms with Gasteiger partial charge in [0, 0.05) is 31.5 Å². The molecule has 0 unspecified atom stereocenters. The van der Waals surface area contributed by atoms with Crippen molar-refractivity contribution < 1.29 is 9.53 Å². The number of nitrogens with one attached hydrogen (secondary N) is 1. The van der Waals surface area contributed by atoms with E-state index in [1.807, 2.05) is 48.3 Å². The molecule has 8 nitrogen and oxygen atoms in total. The number of imidazole rings is 1. The molecule has 5 rings (SSSR count). The van der Waals surface area contributed by atoms with Crippen LogP contribution < -0.4 is 10.2 Å². The van der Waals surface area contributed by atoms with E-state index in [0.717, 1.165) is 49.3 Å². The van der Waals surface area contributed by atoms with Crippen LogP contribution in [0.5, 0.6) is 0 Å². The van der Waals surface area contributed by atoms with Crippen molar-refractivity contribution in [3.05, 3.63) is 55.2 Å². The topological polar surface area (TPSA) is 85.2 Å². The average molecular weight is 455 g/mol. The van der Waals surface area contributed by atoms with Gasteiger partial charge in [-0.25, -0.2) is 19.7 Å². The van der Waals surface area contributed by atoms with E-state index in [2.05, 4.69) is 26.3 Å². The quantitative estimate of drug-likeness (QED) is 0.618. The number of ether oxygens (including phenoxy) is 1. The van der Waals surface area contributed by atoms with E-state index in [1.165, 1.54) is 0 Å². The lowest BCUT2D eigenvalue weighted by Crippen LogP contribution is -2.39. The minimum atomic E-state index is -0.381. The van der Waals surface area contributed by atoms with Crippen LogP contribution in [0.4, 0.5) is 16.4 Å². The third-order valence-corrected chi connectivity index (χ3v) is 6.36. The van der Waals surface area contributed by atoms with Crippen LogP contribution in [0.3, 0.4) is 0 Å². The first-order chi connectivity index (χ1) is 15.1. The first kappa shape index (κ1) is 22.1. The van der Waals surface area contributed by atoms with Gasteiger partial charge in [0.1, 0.15) is 17.2 Å². The van der Waals surface area contributed by atoms with Crippen LogP contribution in [-0.2, 0) is 11.8 Å². The summed E-state index contributed by atoms with van der Waals surface area (Å²) < 4.78 is 7.81. The summed E-state index contributed by atoms with van der Waals surface area (Å²) in [5, 5.41) is 3.46. The van der Waals surface area contributed by atoms with Gasteiger partial charge >= 0.3 is 6.09 Å². The van der Waals surface area contributed by atoms with Crippen LogP contribution in [0.25, 0.3) is 11.3 Å². The Morgan fingerprint density at radius 3 is 2.66 bits per heavy atom. The Morgan fingerprint density at radius 1 is 1.16 bits per heavy atom. The van der Waals surface area contributed by atoms with Crippen LogP contribution >= 0.6 is 12.4 Å². The Hall–Kier alpha value is -3.13. The molecular weight excluding hydrogens is 428 g/mol. The van der Waals surface area contributed by atoms with Gasteiger partial charge in [0.2, 0.25) is 0 Å². The molecule has 1 saturated carbocycles. The van der Waals surface area contributed by atoms with Crippen molar-refractivity contribution in [1.29, 1.82) is 0 Å². The molecule has 2 aliphatic rings. The zero-order chi connectivity index (χ0) is 21.3. The summed E-state index contributed by atoms with van der Waals surface area (Å²) in [5.74, 6) is 2.07. The number of hydrogen-bond acceptors (Lipinski definition) is 6. The first-order valence-corrected chi connectivity index (χ1v) is 10.7. The molecule has 9 heteroatoms. The summed E-state index contributed by atoms with van der Waals surface area (Å²) in [6.45, 7) is 1.45. The number of aromatic nitrogens is 4. The lowest BCUT2D eigenvalue weighted by Gasteiger charge is -2.35. The number of aryl methyl sites for hydroxylation is 1. The monoisotopic (exact) mass is 454 g/mol. The second kappa shape index (κ2) is 9.16. The van der Waals surface area contributed by atoms with Gasteiger partial charge in [0.05, 0.1) is 24.8 Å². The Balaban J connectivity index is 0.00000245. The van der Waals surface area contributed by atoms with Gasteiger partial charge in [-0.1, -0.05) is 6.07 Å². The van der Waals surface area contributed by atoms with Gasteiger partial charge in [0.25, 0.3) is 0 Å². The minimum Gasteiger partial charge on any atom is -0.441 e. The summed E-state index contributed by atoms with van der Waals surface area (Å²) in [6, 6.07) is 9.66. The molecule has 1 aliphatic carbocycles. The van der Waals surface area contributed by atoms with Gasteiger partial charge in [-0.3, -0.25) is 4.90 Å². The molecule has 1 amide bonds. The number of amides is 1. The van der Waals surface area contributed by atoms with Gasteiger partial charge in [-0.15, -0.1) is 12.4 Å². The van der Waals surface area contributed by atoms with Crippen molar-refractivity contribution in [2.75, 3.05) is 23.3 Å². The lowest BCUT2D eigenvalue weighted by atomic mass is 9.78. The maximum absolute atomic E-state index is 12.4. The maximum atomic E-state index is 12.4. The van der Waals surface area contributed by atoms with E-state index < -0.39 is 0 Å². The molecule has 2 fully saturated rings. The number of halogens is 1. The number of carbonyl (C=O) groups is 1. The highest BCUT2D eigenvalue weighted by atomic mass is 35.5. The van der Waals surface area contributed by atoms with E-state index >= 15 is 0 Å². The second-order valence-corrected chi connectivity index (χ2v) is 8.47. The summed E-state index contributed by atoms with van der Waals surface area (Å²) in [4.78, 5) is 27.1. The van der Waals surface area contributed by atoms with E-state index in [9.17, 15) is 4.79 Å². The number of pyridine rings is 2. The molecule has 3 aromatic rings. The smallest absolute Gasteiger partial charge is 0.416 e. The van der Waals surface area contributed by atoms with Gasteiger partial charge in [0.15, 0.2) is 0 Å². The molecule has 0 atom stereocenters.